The van der Waals surface area contributed by atoms with Gasteiger partial charge in [-0.1, -0.05) is 38.0 Å². The summed E-state index contributed by atoms with van der Waals surface area (Å²) in [6.45, 7) is 4.41. The molecule has 2 nitrogen and oxygen atoms in total. The summed E-state index contributed by atoms with van der Waals surface area (Å²) in [4.78, 5) is 4.34. The van der Waals surface area contributed by atoms with Gasteiger partial charge in [-0.05, 0) is 54.8 Å². The third kappa shape index (κ3) is 2.71. The molecule has 1 aliphatic carbocycles. The molecule has 0 spiro atoms. The predicted octanol–water partition coefficient (Wildman–Crippen LogP) is 4.12. The lowest BCUT2D eigenvalue weighted by molar-refractivity contribution is 0.298. The normalized spacial score (nSPS) is 23.1. The molecular formula is C18H24N2. The zero-order chi connectivity index (χ0) is 13.8. The maximum Gasteiger partial charge on any atom is 0.0349 e. The first-order chi connectivity index (χ1) is 9.90. The zero-order valence-corrected chi connectivity index (χ0v) is 12.3. The lowest BCUT2D eigenvalue weighted by Gasteiger charge is -2.32. The summed E-state index contributed by atoms with van der Waals surface area (Å²) in [5.74, 6) is 1.46. The van der Waals surface area contributed by atoms with E-state index in [1.807, 2.05) is 12.4 Å². The number of nitrogens with one attached hydrogen (secondary N) is 1. The van der Waals surface area contributed by atoms with E-state index in [-0.39, 0.29) is 0 Å². The highest BCUT2D eigenvalue weighted by Crippen LogP contribution is 2.40. The number of rotatable bonds is 4. The summed E-state index contributed by atoms with van der Waals surface area (Å²) >= 11 is 0. The van der Waals surface area contributed by atoms with Gasteiger partial charge in [-0.25, -0.2) is 0 Å². The fourth-order valence-corrected chi connectivity index (χ4v) is 3.65. The number of pyridine rings is 1. The summed E-state index contributed by atoms with van der Waals surface area (Å²) in [7, 11) is 0. The second-order valence-electron chi connectivity index (χ2n) is 5.90. The average molecular weight is 268 g/mol. The molecule has 0 amide bonds. The van der Waals surface area contributed by atoms with Crippen LogP contribution >= 0.6 is 0 Å². The fraction of sp³-hybridized carbons (Fsp3) is 0.500. The Morgan fingerprint density at radius 3 is 3.00 bits per heavy atom. The van der Waals surface area contributed by atoms with Crippen molar-refractivity contribution in [2.24, 2.45) is 5.92 Å². The highest BCUT2D eigenvalue weighted by atomic mass is 14.8. The van der Waals surface area contributed by atoms with Gasteiger partial charge in [0, 0.05) is 17.8 Å². The number of hydrogen-bond acceptors (Lipinski definition) is 2. The lowest BCUT2D eigenvalue weighted by atomic mass is 9.74. The molecule has 0 aliphatic heterocycles. The number of aromatic nitrogens is 1. The van der Waals surface area contributed by atoms with Gasteiger partial charge in [0.25, 0.3) is 0 Å². The van der Waals surface area contributed by atoms with E-state index in [4.69, 9.17) is 0 Å². The van der Waals surface area contributed by atoms with Crippen LogP contribution in [0.4, 0.5) is 0 Å². The zero-order valence-electron chi connectivity index (χ0n) is 12.3. The summed E-state index contributed by atoms with van der Waals surface area (Å²) < 4.78 is 0. The van der Waals surface area contributed by atoms with Crippen LogP contribution in [-0.4, -0.2) is 18.1 Å². The number of fused-ring (bicyclic) bond motifs is 1. The quantitative estimate of drug-likeness (QED) is 0.902. The molecule has 1 heterocycles. The Hall–Kier alpha value is -1.41. The fourth-order valence-electron chi connectivity index (χ4n) is 3.65. The van der Waals surface area contributed by atoms with Crippen LogP contribution in [0.15, 0.2) is 36.7 Å². The molecule has 2 atom stereocenters. The standard InChI is InChI=1S/C18H24N2/c1-2-19-12-15-6-3-4-8-16(15)17-9-5-7-14-10-11-20-13-18(14)17/h5,7,9-11,13,15-16,19H,2-4,6,8,12H2,1H3. The minimum atomic E-state index is 0.690. The molecule has 1 saturated carbocycles. The van der Waals surface area contributed by atoms with E-state index in [9.17, 15) is 0 Å². The summed E-state index contributed by atoms with van der Waals surface area (Å²) in [6, 6.07) is 8.85. The first kappa shape index (κ1) is 13.6. The third-order valence-corrected chi connectivity index (χ3v) is 4.68. The number of benzene rings is 1. The Kier molecular flexibility index (Phi) is 4.31. The van der Waals surface area contributed by atoms with Crippen molar-refractivity contribution < 1.29 is 0 Å². The predicted molar refractivity (Wildman–Crippen MR) is 85.0 cm³/mol. The summed E-state index contributed by atoms with van der Waals surface area (Å²) in [6.07, 6.45) is 9.37. The topological polar surface area (TPSA) is 24.9 Å². The first-order valence-corrected chi connectivity index (χ1v) is 7.93. The number of nitrogens with zero attached hydrogens (tertiary/aromatic N) is 1. The first-order valence-electron chi connectivity index (χ1n) is 7.93. The van der Waals surface area contributed by atoms with Crippen LogP contribution in [0, 0.1) is 5.92 Å². The minimum Gasteiger partial charge on any atom is -0.317 e. The van der Waals surface area contributed by atoms with Crippen LogP contribution in [0.2, 0.25) is 0 Å². The van der Waals surface area contributed by atoms with Crippen LogP contribution in [0.5, 0.6) is 0 Å². The van der Waals surface area contributed by atoms with E-state index in [0.717, 1.165) is 19.0 Å². The van der Waals surface area contributed by atoms with Crippen molar-refractivity contribution in [1.29, 1.82) is 0 Å². The minimum absolute atomic E-state index is 0.690. The maximum absolute atomic E-state index is 4.34. The highest BCUT2D eigenvalue weighted by Gasteiger charge is 2.27. The van der Waals surface area contributed by atoms with Crippen LogP contribution in [0.25, 0.3) is 10.8 Å². The van der Waals surface area contributed by atoms with Gasteiger partial charge in [0.05, 0.1) is 0 Å². The van der Waals surface area contributed by atoms with Crippen LogP contribution in [0.1, 0.15) is 44.1 Å². The molecule has 1 fully saturated rings. The summed E-state index contributed by atoms with van der Waals surface area (Å²) in [5.41, 5.74) is 1.51. The lowest BCUT2D eigenvalue weighted by Crippen LogP contribution is -2.29. The largest absolute Gasteiger partial charge is 0.317 e. The van der Waals surface area contributed by atoms with Gasteiger partial charge in [-0.3, -0.25) is 4.98 Å². The molecule has 3 rings (SSSR count). The molecule has 0 bridgehead atoms. The van der Waals surface area contributed by atoms with Crippen molar-refractivity contribution in [1.82, 2.24) is 10.3 Å². The Morgan fingerprint density at radius 2 is 2.10 bits per heavy atom. The Morgan fingerprint density at radius 1 is 1.20 bits per heavy atom. The second-order valence-corrected chi connectivity index (χ2v) is 5.90. The van der Waals surface area contributed by atoms with E-state index < -0.39 is 0 Å². The average Bonchev–Trinajstić information content (AvgIpc) is 2.53. The summed E-state index contributed by atoms with van der Waals surface area (Å²) in [5, 5.41) is 6.22. The van der Waals surface area contributed by atoms with Crippen molar-refractivity contribution in [2.75, 3.05) is 13.1 Å². The van der Waals surface area contributed by atoms with Gasteiger partial charge in [-0.2, -0.15) is 0 Å². The monoisotopic (exact) mass is 268 g/mol. The van der Waals surface area contributed by atoms with E-state index in [1.54, 1.807) is 0 Å². The molecular weight excluding hydrogens is 244 g/mol. The van der Waals surface area contributed by atoms with Crippen molar-refractivity contribution in [2.45, 2.75) is 38.5 Å². The van der Waals surface area contributed by atoms with Crippen LogP contribution in [-0.2, 0) is 0 Å². The van der Waals surface area contributed by atoms with Gasteiger partial charge in [0.2, 0.25) is 0 Å². The van der Waals surface area contributed by atoms with E-state index in [2.05, 4.69) is 41.5 Å². The van der Waals surface area contributed by atoms with E-state index in [1.165, 1.54) is 42.0 Å². The van der Waals surface area contributed by atoms with Gasteiger partial charge in [0.1, 0.15) is 0 Å². The molecule has 20 heavy (non-hydrogen) atoms. The van der Waals surface area contributed by atoms with Crippen molar-refractivity contribution in [3.05, 3.63) is 42.2 Å². The molecule has 1 aromatic carbocycles. The Labute approximate surface area is 121 Å². The second kappa shape index (κ2) is 6.36. The number of hydrogen-bond donors (Lipinski definition) is 1. The van der Waals surface area contributed by atoms with Crippen molar-refractivity contribution in [3.63, 3.8) is 0 Å². The molecule has 2 aromatic rings. The molecule has 2 heteroatoms. The van der Waals surface area contributed by atoms with E-state index >= 15 is 0 Å². The van der Waals surface area contributed by atoms with Crippen molar-refractivity contribution in [3.8, 4) is 0 Å². The SMILES string of the molecule is CCNCC1CCCCC1c1cccc2ccncc12. The third-order valence-electron chi connectivity index (χ3n) is 4.68. The van der Waals surface area contributed by atoms with Gasteiger partial charge >= 0.3 is 0 Å². The van der Waals surface area contributed by atoms with Gasteiger partial charge < -0.3 is 5.32 Å². The maximum atomic E-state index is 4.34. The van der Waals surface area contributed by atoms with Crippen molar-refractivity contribution >= 4 is 10.8 Å². The van der Waals surface area contributed by atoms with E-state index in [0.29, 0.717) is 5.92 Å². The highest BCUT2D eigenvalue weighted by molar-refractivity contribution is 5.85. The van der Waals surface area contributed by atoms with Gasteiger partial charge in [0.15, 0.2) is 0 Å². The molecule has 1 aromatic heterocycles. The molecule has 106 valence electrons. The molecule has 2 unspecified atom stereocenters. The molecule has 1 aliphatic rings. The molecule has 0 radical (unpaired) electrons. The molecule has 1 N–H and O–H groups in total. The Balaban J connectivity index is 1.95. The van der Waals surface area contributed by atoms with Gasteiger partial charge in [-0.15, -0.1) is 0 Å². The Bertz CT molecular complexity index is 559. The molecule has 0 saturated heterocycles. The van der Waals surface area contributed by atoms with Crippen LogP contribution < -0.4 is 5.32 Å². The smallest absolute Gasteiger partial charge is 0.0349 e. The van der Waals surface area contributed by atoms with Crippen LogP contribution in [0.3, 0.4) is 0 Å².